The number of hydrogen-bond acceptors (Lipinski definition) is 4. The van der Waals surface area contributed by atoms with Crippen molar-refractivity contribution in [2.75, 3.05) is 13.1 Å². The van der Waals surface area contributed by atoms with Crippen molar-refractivity contribution in [3.63, 3.8) is 0 Å². The second-order valence-electron chi connectivity index (χ2n) is 5.34. The summed E-state index contributed by atoms with van der Waals surface area (Å²) >= 11 is 0. The maximum absolute atomic E-state index is 5.55. The number of nitrogens with zero attached hydrogens (tertiary/aromatic N) is 3. The van der Waals surface area contributed by atoms with Gasteiger partial charge < -0.3 is 9.73 Å². The molecule has 0 radical (unpaired) electrons. The van der Waals surface area contributed by atoms with Crippen LogP contribution in [0.3, 0.4) is 0 Å². The number of rotatable bonds is 4. The van der Waals surface area contributed by atoms with E-state index in [4.69, 9.17) is 4.42 Å². The molecule has 3 rings (SSSR count). The minimum absolute atomic E-state index is 0.657. The van der Waals surface area contributed by atoms with Gasteiger partial charge in [0, 0.05) is 6.20 Å². The highest BCUT2D eigenvalue weighted by Crippen LogP contribution is 2.15. The Bertz CT molecular complexity index is 525. The van der Waals surface area contributed by atoms with Crippen LogP contribution in [0.4, 0.5) is 0 Å². The molecule has 0 aromatic carbocycles. The summed E-state index contributed by atoms with van der Waals surface area (Å²) in [4.78, 5) is 0. The molecule has 5 heteroatoms. The van der Waals surface area contributed by atoms with Gasteiger partial charge in [0.2, 0.25) is 0 Å². The SMILES string of the molecule is Cc1ccc(Cn2cc(CC3CCCNC3)nn2)o1. The third-order valence-corrected chi connectivity index (χ3v) is 3.60. The van der Waals surface area contributed by atoms with E-state index >= 15 is 0 Å². The van der Waals surface area contributed by atoms with Crippen LogP contribution in [-0.4, -0.2) is 28.1 Å². The van der Waals surface area contributed by atoms with Crippen LogP contribution in [0.5, 0.6) is 0 Å². The number of aryl methyl sites for hydroxylation is 1. The van der Waals surface area contributed by atoms with Crippen molar-refractivity contribution in [2.45, 2.75) is 32.7 Å². The highest BCUT2D eigenvalue weighted by atomic mass is 16.3. The molecule has 0 amide bonds. The van der Waals surface area contributed by atoms with E-state index in [1.165, 1.54) is 12.8 Å². The summed E-state index contributed by atoms with van der Waals surface area (Å²) in [5.74, 6) is 2.56. The number of hydrogen-bond donors (Lipinski definition) is 1. The Kier molecular flexibility index (Phi) is 3.64. The first kappa shape index (κ1) is 12.4. The molecule has 0 saturated carbocycles. The van der Waals surface area contributed by atoms with Crippen molar-refractivity contribution >= 4 is 0 Å². The van der Waals surface area contributed by atoms with Crippen LogP contribution in [0.2, 0.25) is 0 Å². The standard InChI is InChI=1S/C14H20N4O/c1-11-4-5-14(19-11)10-18-9-13(16-17-18)7-12-3-2-6-15-8-12/h4-5,9,12,15H,2-3,6-8,10H2,1H3. The second kappa shape index (κ2) is 5.57. The Morgan fingerprint density at radius 2 is 2.42 bits per heavy atom. The molecule has 1 unspecified atom stereocenters. The van der Waals surface area contributed by atoms with Crippen molar-refractivity contribution < 1.29 is 4.42 Å². The van der Waals surface area contributed by atoms with E-state index in [-0.39, 0.29) is 0 Å². The van der Waals surface area contributed by atoms with Crippen molar-refractivity contribution in [1.82, 2.24) is 20.3 Å². The second-order valence-corrected chi connectivity index (χ2v) is 5.34. The molecule has 3 heterocycles. The van der Waals surface area contributed by atoms with E-state index < -0.39 is 0 Å². The predicted octanol–water partition coefficient (Wildman–Crippen LogP) is 1.77. The first-order valence-corrected chi connectivity index (χ1v) is 6.94. The third-order valence-electron chi connectivity index (χ3n) is 3.60. The van der Waals surface area contributed by atoms with Gasteiger partial charge >= 0.3 is 0 Å². The summed E-state index contributed by atoms with van der Waals surface area (Å²) in [5.41, 5.74) is 1.08. The maximum atomic E-state index is 5.55. The quantitative estimate of drug-likeness (QED) is 0.910. The summed E-state index contributed by atoms with van der Waals surface area (Å²) < 4.78 is 7.40. The van der Waals surface area contributed by atoms with E-state index in [0.717, 1.165) is 36.7 Å². The summed E-state index contributed by atoms with van der Waals surface area (Å²) in [7, 11) is 0. The first-order valence-electron chi connectivity index (χ1n) is 6.94. The van der Waals surface area contributed by atoms with Crippen LogP contribution in [0, 0.1) is 12.8 Å². The lowest BCUT2D eigenvalue weighted by molar-refractivity contribution is 0.373. The lowest BCUT2D eigenvalue weighted by atomic mass is 9.95. The van der Waals surface area contributed by atoms with Gasteiger partial charge in [-0.1, -0.05) is 5.21 Å². The molecule has 5 nitrogen and oxygen atoms in total. The summed E-state index contributed by atoms with van der Waals surface area (Å²) in [5, 5.41) is 11.9. The smallest absolute Gasteiger partial charge is 0.125 e. The maximum Gasteiger partial charge on any atom is 0.125 e. The normalized spacial score (nSPS) is 19.7. The fourth-order valence-corrected chi connectivity index (χ4v) is 2.63. The largest absolute Gasteiger partial charge is 0.464 e. The lowest BCUT2D eigenvalue weighted by Gasteiger charge is -2.21. The molecule has 2 aromatic rings. The fourth-order valence-electron chi connectivity index (χ4n) is 2.63. The van der Waals surface area contributed by atoms with Gasteiger partial charge in [0.1, 0.15) is 18.1 Å². The van der Waals surface area contributed by atoms with Crippen LogP contribution in [0.25, 0.3) is 0 Å². The molecule has 1 N–H and O–H groups in total. The van der Waals surface area contributed by atoms with Gasteiger partial charge in [0.05, 0.1) is 5.69 Å². The van der Waals surface area contributed by atoms with Crippen molar-refractivity contribution in [2.24, 2.45) is 5.92 Å². The van der Waals surface area contributed by atoms with Gasteiger partial charge in [-0.2, -0.15) is 0 Å². The van der Waals surface area contributed by atoms with E-state index in [1.54, 1.807) is 0 Å². The van der Waals surface area contributed by atoms with E-state index in [9.17, 15) is 0 Å². The van der Waals surface area contributed by atoms with Crippen molar-refractivity contribution in [3.8, 4) is 0 Å². The molecule has 19 heavy (non-hydrogen) atoms. The molecule has 1 saturated heterocycles. The predicted molar refractivity (Wildman–Crippen MR) is 71.9 cm³/mol. The van der Waals surface area contributed by atoms with Gasteiger partial charge in [-0.15, -0.1) is 5.10 Å². The molecule has 1 atom stereocenters. The summed E-state index contributed by atoms with van der Waals surface area (Å²) in [6.07, 6.45) is 5.61. The van der Waals surface area contributed by atoms with Crippen molar-refractivity contribution in [3.05, 3.63) is 35.5 Å². The molecule has 0 spiro atoms. The molecule has 102 valence electrons. The van der Waals surface area contributed by atoms with Gasteiger partial charge in [-0.05, 0) is 57.3 Å². The Hall–Kier alpha value is -1.62. The topological polar surface area (TPSA) is 55.9 Å². The van der Waals surface area contributed by atoms with Crippen LogP contribution >= 0.6 is 0 Å². The minimum Gasteiger partial charge on any atom is -0.464 e. The molecule has 1 aliphatic rings. The molecular weight excluding hydrogens is 240 g/mol. The molecule has 1 aliphatic heterocycles. The Balaban J connectivity index is 1.59. The molecule has 0 bridgehead atoms. The lowest BCUT2D eigenvalue weighted by Crippen LogP contribution is -2.30. The number of aromatic nitrogens is 3. The van der Waals surface area contributed by atoms with Crippen LogP contribution in [0.1, 0.15) is 30.1 Å². The number of piperidine rings is 1. The monoisotopic (exact) mass is 260 g/mol. The zero-order valence-electron chi connectivity index (χ0n) is 11.3. The number of furan rings is 1. The zero-order chi connectivity index (χ0) is 13.1. The Morgan fingerprint density at radius 3 is 3.16 bits per heavy atom. The van der Waals surface area contributed by atoms with Gasteiger partial charge in [0.25, 0.3) is 0 Å². The summed E-state index contributed by atoms with van der Waals surface area (Å²) in [6.45, 7) is 4.86. The first-order chi connectivity index (χ1) is 9.29. The summed E-state index contributed by atoms with van der Waals surface area (Å²) in [6, 6.07) is 3.96. The number of nitrogens with one attached hydrogen (secondary N) is 1. The average molecular weight is 260 g/mol. The van der Waals surface area contributed by atoms with Gasteiger partial charge in [0.15, 0.2) is 0 Å². The minimum atomic E-state index is 0.657. The van der Waals surface area contributed by atoms with E-state index in [1.807, 2.05) is 29.9 Å². The van der Waals surface area contributed by atoms with E-state index in [0.29, 0.717) is 12.5 Å². The Morgan fingerprint density at radius 1 is 1.47 bits per heavy atom. The third kappa shape index (κ3) is 3.23. The van der Waals surface area contributed by atoms with E-state index in [2.05, 4.69) is 15.6 Å². The molecule has 0 aliphatic carbocycles. The highest BCUT2D eigenvalue weighted by molar-refractivity contribution is 5.06. The van der Waals surface area contributed by atoms with Gasteiger partial charge in [-0.3, -0.25) is 0 Å². The zero-order valence-corrected chi connectivity index (χ0v) is 11.3. The Labute approximate surface area is 113 Å². The average Bonchev–Trinajstić information content (AvgIpc) is 3.01. The van der Waals surface area contributed by atoms with Crippen LogP contribution in [-0.2, 0) is 13.0 Å². The molecule has 1 fully saturated rings. The molecular formula is C14H20N4O. The molecule has 2 aromatic heterocycles. The fraction of sp³-hybridized carbons (Fsp3) is 0.571. The van der Waals surface area contributed by atoms with Crippen LogP contribution < -0.4 is 5.32 Å². The highest BCUT2D eigenvalue weighted by Gasteiger charge is 2.15. The van der Waals surface area contributed by atoms with Crippen LogP contribution in [0.15, 0.2) is 22.7 Å². The van der Waals surface area contributed by atoms with Crippen molar-refractivity contribution in [1.29, 1.82) is 0 Å². The van der Waals surface area contributed by atoms with Gasteiger partial charge in [-0.25, -0.2) is 4.68 Å².